The lowest BCUT2D eigenvalue weighted by Gasteiger charge is -2.01. The topological polar surface area (TPSA) is 0 Å². The standard InChI is InChI=1S/C9H9BrF2/c1-2-3-6-4-7(11)9(10)8(12)5-6/h4-5H,2-3H2,1H3. The van der Waals surface area contributed by atoms with Crippen LogP contribution in [-0.2, 0) is 6.42 Å². The molecule has 1 aromatic carbocycles. The van der Waals surface area contributed by atoms with E-state index in [9.17, 15) is 8.78 Å². The Morgan fingerprint density at radius 2 is 1.75 bits per heavy atom. The van der Waals surface area contributed by atoms with Gasteiger partial charge in [0.25, 0.3) is 0 Å². The van der Waals surface area contributed by atoms with Gasteiger partial charge in [0, 0.05) is 0 Å². The molecule has 66 valence electrons. The Morgan fingerprint density at radius 1 is 1.25 bits per heavy atom. The van der Waals surface area contributed by atoms with Gasteiger partial charge in [-0.25, -0.2) is 8.78 Å². The zero-order chi connectivity index (χ0) is 9.14. The maximum absolute atomic E-state index is 12.9. The van der Waals surface area contributed by atoms with Crippen molar-refractivity contribution < 1.29 is 8.78 Å². The molecule has 0 saturated carbocycles. The Bertz CT molecular complexity index is 261. The molecule has 12 heavy (non-hydrogen) atoms. The maximum Gasteiger partial charge on any atom is 0.140 e. The molecular formula is C9H9BrF2. The summed E-state index contributed by atoms with van der Waals surface area (Å²) in [7, 11) is 0. The van der Waals surface area contributed by atoms with Gasteiger partial charge in [0.1, 0.15) is 11.6 Å². The molecule has 0 heterocycles. The smallest absolute Gasteiger partial charge is 0.140 e. The van der Waals surface area contributed by atoms with Crippen LogP contribution in [0, 0.1) is 11.6 Å². The quantitative estimate of drug-likeness (QED) is 0.686. The second-order valence-electron chi connectivity index (χ2n) is 2.62. The first-order chi connectivity index (χ1) is 5.65. The lowest BCUT2D eigenvalue weighted by molar-refractivity contribution is 0.568. The van der Waals surface area contributed by atoms with Crippen LogP contribution in [-0.4, -0.2) is 0 Å². The summed E-state index contributed by atoms with van der Waals surface area (Å²) in [6, 6.07) is 2.72. The fourth-order valence-electron chi connectivity index (χ4n) is 1.04. The largest absolute Gasteiger partial charge is 0.206 e. The highest BCUT2D eigenvalue weighted by Crippen LogP contribution is 2.21. The van der Waals surface area contributed by atoms with Crippen molar-refractivity contribution in [3.8, 4) is 0 Å². The molecule has 0 unspecified atom stereocenters. The van der Waals surface area contributed by atoms with Gasteiger partial charge < -0.3 is 0 Å². The van der Waals surface area contributed by atoms with Crippen LogP contribution in [0.4, 0.5) is 8.78 Å². The van der Waals surface area contributed by atoms with Crippen LogP contribution < -0.4 is 0 Å². The molecule has 0 amide bonds. The third-order valence-corrected chi connectivity index (χ3v) is 2.34. The molecule has 0 bridgehead atoms. The average molecular weight is 235 g/mol. The van der Waals surface area contributed by atoms with Crippen molar-refractivity contribution in [3.05, 3.63) is 33.8 Å². The molecule has 1 rings (SSSR count). The summed E-state index contributed by atoms with van der Waals surface area (Å²) >= 11 is 2.81. The molecule has 0 aliphatic rings. The van der Waals surface area contributed by atoms with Gasteiger partial charge in [-0.2, -0.15) is 0 Å². The second-order valence-corrected chi connectivity index (χ2v) is 3.42. The molecule has 1 aromatic rings. The summed E-state index contributed by atoms with van der Waals surface area (Å²) in [6.07, 6.45) is 1.60. The van der Waals surface area contributed by atoms with Gasteiger partial charge in [-0.05, 0) is 40.0 Å². The number of hydrogen-bond donors (Lipinski definition) is 0. The van der Waals surface area contributed by atoms with Crippen molar-refractivity contribution in [2.45, 2.75) is 19.8 Å². The summed E-state index contributed by atoms with van der Waals surface area (Å²) in [4.78, 5) is 0. The number of rotatable bonds is 2. The first-order valence-electron chi connectivity index (χ1n) is 3.78. The van der Waals surface area contributed by atoms with E-state index in [1.54, 1.807) is 0 Å². The first-order valence-corrected chi connectivity index (χ1v) is 4.58. The van der Waals surface area contributed by atoms with Crippen molar-refractivity contribution in [2.24, 2.45) is 0 Å². The fourth-order valence-corrected chi connectivity index (χ4v) is 1.27. The van der Waals surface area contributed by atoms with Gasteiger partial charge >= 0.3 is 0 Å². The molecule has 0 aliphatic carbocycles. The Labute approximate surface area is 78.7 Å². The zero-order valence-corrected chi connectivity index (χ0v) is 8.29. The minimum absolute atomic E-state index is 0.0812. The van der Waals surface area contributed by atoms with Crippen LogP contribution in [0.15, 0.2) is 16.6 Å². The minimum Gasteiger partial charge on any atom is -0.206 e. The van der Waals surface area contributed by atoms with Gasteiger partial charge in [0.15, 0.2) is 0 Å². The summed E-state index contributed by atoms with van der Waals surface area (Å²) in [6.45, 7) is 1.97. The Hall–Kier alpha value is -0.440. The van der Waals surface area contributed by atoms with Gasteiger partial charge in [0.05, 0.1) is 4.47 Å². The normalized spacial score (nSPS) is 10.3. The predicted octanol–water partition coefficient (Wildman–Crippen LogP) is 3.68. The molecular weight excluding hydrogens is 226 g/mol. The summed E-state index contributed by atoms with van der Waals surface area (Å²) in [5.41, 5.74) is 0.704. The minimum atomic E-state index is -0.529. The average Bonchev–Trinajstić information content (AvgIpc) is 2.01. The third kappa shape index (κ3) is 2.03. The van der Waals surface area contributed by atoms with Crippen molar-refractivity contribution in [1.29, 1.82) is 0 Å². The zero-order valence-electron chi connectivity index (χ0n) is 6.70. The third-order valence-electron chi connectivity index (χ3n) is 1.58. The molecule has 0 spiro atoms. The Kier molecular flexibility index (Phi) is 3.20. The molecule has 0 radical (unpaired) electrons. The highest BCUT2D eigenvalue weighted by Gasteiger charge is 2.06. The van der Waals surface area contributed by atoms with Crippen LogP contribution in [0.5, 0.6) is 0 Å². The Balaban J connectivity index is 3.04. The summed E-state index contributed by atoms with van der Waals surface area (Å²) in [5, 5.41) is 0. The van der Waals surface area contributed by atoms with Crippen LogP contribution >= 0.6 is 15.9 Å². The van der Waals surface area contributed by atoms with Crippen LogP contribution in [0.1, 0.15) is 18.9 Å². The van der Waals surface area contributed by atoms with Crippen molar-refractivity contribution in [2.75, 3.05) is 0 Å². The molecule has 0 fully saturated rings. The highest BCUT2D eigenvalue weighted by atomic mass is 79.9. The molecule has 3 heteroatoms. The van der Waals surface area contributed by atoms with E-state index in [1.807, 2.05) is 6.92 Å². The van der Waals surface area contributed by atoms with E-state index in [2.05, 4.69) is 15.9 Å². The van der Waals surface area contributed by atoms with Crippen molar-refractivity contribution in [1.82, 2.24) is 0 Å². The predicted molar refractivity (Wildman–Crippen MR) is 48.1 cm³/mol. The monoisotopic (exact) mass is 234 g/mol. The van der Waals surface area contributed by atoms with Crippen molar-refractivity contribution in [3.63, 3.8) is 0 Å². The SMILES string of the molecule is CCCc1cc(F)c(Br)c(F)c1. The van der Waals surface area contributed by atoms with E-state index in [-0.39, 0.29) is 4.47 Å². The van der Waals surface area contributed by atoms with Crippen molar-refractivity contribution >= 4 is 15.9 Å². The number of hydrogen-bond acceptors (Lipinski definition) is 0. The molecule has 0 aromatic heterocycles. The molecule has 0 N–H and O–H groups in total. The van der Waals surface area contributed by atoms with E-state index in [0.29, 0.717) is 12.0 Å². The number of aryl methyl sites for hydroxylation is 1. The van der Waals surface area contributed by atoms with Gasteiger partial charge in [0.2, 0.25) is 0 Å². The van der Waals surface area contributed by atoms with Gasteiger partial charge in [-0.3, -0.25) is 0 Å². The van der Waals surface area contributed by atoms with Gasteiger partial charge in [-0.15, -0.1) is 0 Å². The molecule has 0 atom stereocenters. The van der Waals surface area contributed by atoms with Crippen LogP contribution in [0.3, 0.4) is 0 Å². The van der Waals surface area contributed by atoms with Gasteiger partial charge in [-0.1, -0.05) is 13.3 Å². The lowest BCUT2D eigenvalue weighted by atomic mass is 10.1. The second kappa shape index (κ2) is 3.99. The van der Waals surface area contributed by atoms with Crippen LogP contribution in [0.2, 0.25) is 0 Å². The first kappa shape index (κ1) is 9.65. The van der Waals surface area contributed by atoms with E-state index in [1.165, 1.54) is 12.1 Å². The molecule has 0 saturated heterocycles. The Morgan fingerprint density at radius 3 is 2.17 bits per heavy atom. The van der Waals surface area contributed by atoms with E-state index < -0.39 is 11.6 Å². The highest BCUT2D eigenvalue weighted by molar-refractivity contribution is 9.10. The van der Waals surface area contributed by atoms with Crippen LogP contribution in [0.25, 0.3) is 0 Å². The number of benzene rings is 1. The van der Waals surface area contributed by atoms with E-state index in [4.69, 9.17) is 0 Å². The lowest BCUT2D eigenvalue weighted by Crippen LogP contribution is -1.90. The van der Waals surface area contributed by atoms with E-state index >= 15 is 0 Å². The molecule has 0 aliphatic heterocycles. The number of halogens is 3. The fraction of sp³-hybridized carbons (Fsp3) is 0.333. The maximum atomic E-state index is 12.9. The summed E-state index contributed by atoms with van der Waals surface area (Å²) in [5.74, 6) is -1.06. The summed E-state index contributed by atoms with van der Waals surface area (Å²) < 4.78 is 25.7. The molecule has 0 nitrogen and oxygen atoms in total. The van der Waals surface area contributed by atoms with E-state index in [0.717, 1.165) is 6.42 Å².